The molecular weight excluding hydrogens is 168 g/mol. The molecule has 0 aromatic rings. The Bertz CT molecular complexity index is 153. The Morgan fingerprint density at radius 2 is 1.71 bits per heavy atom. The van der Waals surface area contributed by atoms with Gasteiger partial charge in [0.25, 0.3) is 0 Å². The van der Waals surface area contributed by atoms with Gasteiger partial charge in [-0.15, -0.1) is 6.58 Å². The number of rotatable bonds is 9. The molecule has 0 heterocycles. The van der Waals surface area contributed by atoms with Crippen molar-refractivity contribution < 1.29 is 0 Å². The van der Waals surface area contributed by atoms with Crippen LogP contribution in [-0.4, -0.2) is 0 Å². The van der Waals surface area contributed by atoms with E-state index >= 15 is 0 Å². The molecule has 0 aromatic carbocycles. The Labute approximate surface area is 90.1 Å². The second-order valence-corrected chi connectivity index (χ2v) is 3.94. The molecule has 0 saturated carbocycles. The van der Waals surface area contributed by atoms with Gasteiger partial charge in [-0.3, -0.25) is 0 Å². The minimum atomic E-state index is 1.14. The Hall–Kier alpha value is -0.520. The van der Waals surface area contributed by atoms with E-state index in [1.54, 1.807) is 5.57 Å². The first-order valence-electron chi connectivity index (χ1n) is 6.13. The summed E-state index contributed by atoms with van der Waals surface area (Å²) in [5.74, 6) is 0. The Morgan fingerprint density at radius 1 is 1.00 bits per heavy atom. The molecule has 0 aromatic heterocycles. The molecule has 0 aliphatic carbocycles. The number of unbranched alkanes of at least 4 members (excludes halogenated alkanes) is 3. The van der Waals surface area contributed by atoms with Crippen LogP contribution < -0.4 is 0 Å². The molecule has 0 fully saturated rings. The van der Waals surface area contributed by atoms with E-state index in [-0.39, 0.29) is 0 Å². The van der Waals surface area contributed by atoms with E-state index in [0.29, 0.717) is 0 Å². The van der Waals surface area contributed by atoms with E-state index in [4.69, 9.17) is 0 Å². The van der Waals surface area contributed by atoms with E-state index in [1.165, 1.54) is 44.9 Å². The van der Waals surface area contributed by atoms with E-state index < -0.39 is 0 Å². The topological polar surface area (TPSA) is 0 Å². The summed E-state index contributed by atoms with van der Waals surface area (Å²) in [6.45, 7) is 8.30. The maximum atomic E-state index is 3.78. The molecule has 82 valence electrons. The molecule has 0 aliphatic heterocycles. The summed E-state index contributed by atoms with van der Waals surface area (Å²) in [5, 5.41) is 0. The van der Waals surface area contributed by atoms with Crippen molar-refractivity contribution in [2.75, 3.05) is 0 Å². The lowest BCUT2D eigenvalue weighted by atomic mass is 10.0. The Kier molecular flexibility index (Phi) is 10.2. The summed E-state index contributed by atoms with van der Waals surface area (Å²) in [7, 11) is 0. The highest BCUT2D eigenvalue weighted by atomic mass is 14.0. The average Bonchev–Trinajstić information content (AvgIpc) is 2.21. The second-order valence-electron chi connectivity index (χ2n) is 3.94. The minimum Gasteiger partial charge on any atom is -0.103 e. The maximum absolute atomic E-state index is 3.78. The molecule has 0 N–H and O–H groups in total. The minimum absolute atomic E-state index is 1.14. The summed E-state index contributed by atoms with van der Waals surface area (Å²) in [4.78, 5) is 0. The van der Waals surface area contributed by atoms with Gasteiger partial charge >= 0.3 is 0 Å². The fourth-order valence-electron chi connectivity index (χ4n) is 1.53. The monoisotopic (exact) mass is 194 g/mol. The smallest absolute Gasteiger partial charge is 0.0286 e. The van der Waals surface area contributed by atoms with Gasteiger partial charge in [0.1, 0.15) is 0 Å². The first-order chi connectivity index (χ1) is 6.85. The predicted octanol–water partition coefficient (Wildman–Crippen LogP) is 5.26. The predicted molar refractivity (Wildman–Crippen MR) is 66.6 cm³/mol. The zero-order valence-electron chi connectivity index (χ0n) is 10.0. The van der Waals surface area contributed by atoms with E-state index in [9.17, 15) is 0 Å². The molecule has 0 spiro atoms. The number of hydrogen-bond acceptors (Lipinski definition) is 0. The van der Waals surface area contributed by atoms with Crippen LogP contribution in [0.15, 0.2) is 24.3 Å². The first-order valence-corrected chi connectivity index (χ1v) is 6.13. The summed E-state index contributed by atoms with van der Waals surface area (Å²) in [6.07, 6.45) is 14.7. The highest BCUT2D eigenvalue weighted by Crippen LogP contribution is 2.15. The molecule has 0 atom stereocenters. The number of hydrogen-bond donors (Lipinski definition) is 0. The van der Waals surface area contributed by atoms with Crippen molar-refractivity contribution in [3.63, 3.8) is 0 Å². The Morgan fingerprint density at radius 3 is 2.29 bits per heavy atom. The third kappa shape index (κ3) is 8.10. The van der Waals surface area contributed by atoms with Crippen LogP contribution in [0.4, 0.5) is 0 Å². The van der Waals surface area contributed by atoms with Crippen LogP contribution in [0.2, 0.25) is 0 Å². The highest BCUT2D eigenvalue weighted by Gasteiger charge is 1.95. The molecule has 0 heteroatoms. The van der Waals surface area contributed by atoms with Gasteiger partial charge in [0.05, 0.1) is 0 Å². The molecular formula is C14H26. The lowest BCUT2D eigenvalue weighted by Gasteiger charge is -2.05. The van der Waals surface area contributed by atoms with Crippen LogP contribution in [0.25, 0.3) is 0 Å². The van der Waals surface area contributed by atoms with Gasteiger partial charge in [-0.25, -0.2) is 0 Å². The molecule has 0 unspecified atom stereocenters. The van der Waals surface area contributed by atoms with Gasteiger partial charge in [-0.1, -0.05) is 50.8 Å². The van der Waals surface area contributed by atoms with Gasteiger partial charge in [0.15, 0.2) is 0 Å². The van der Waals surface area contributed by atoms with Gasteiger partial charge in [0, 0.05) is 0 Å². The average molecular weight is 194 g/mol. The number of allylic oxidation sites excluding steroid dienone is 3. The lowest BCUT2D eigenvalue weighted by Crippen LogP contribution is -1.85. The lowest BCUT2D eigenvalue weighted by molar-refractivity contribution is 0.738. The summed E-state index contributed by atoms with van der Waals surface area (Å²) in [5.41, 5.74) is 1.65. The van der Waals surface area contributed by atoms with Gasteiger partial charge in [-0.05, 0) is 32.1 Å². The summed E-state index contributed by atoms with van der Waals surface area (Å²) in [6, 6.07) is 0. The van der Waals surface area contributed by atoms with Crippen LogP contribution in [0, 0.1) is 0 Å². The molecule has 0 saturated heterocycles. The highest BCUT2D eigenvalue weighted by molar-refractivity contribution is 5.03. The fourth-order valence-corrected chi connectivity index (χ4v) is 1.53. The third-order valence-electron chi connectivity index (χ3n) is 2.51. The molecule has 14 heavy (non-hydrogen) atoms. The van der Waals surface area contributed by atoms with Crippen molar-refractivity contribution in [1.82, 2.24) is 0 Å². The van der Waals surface area contributed by atoms with Gasteiger partial charge in [-0.2, -0.15) is 0 Å². The quantitative estimate of drug-likeness (QED) is 0.347. The zero-order valence-corrected chi connectivity index (χ0v) is 10.0. The van der Waals surface area contributed by atoms with Crippen LogP contribution in [-0.2, 0) is 0 Å². The fraction of sp³-hybridized carbons (Fsp3) is 0.714. The van der Waals surface area contributed by atoms with Crippen molar-refractivity contribution in [2.45, 2.75) is 65.2 Å². The summed E-state index contributed by atoms with van der Waals surface area (Å²) < 4.78 is 0. The molecule has 0 radical (unpaired) electrons. The van der Waals surface area contributed by atoms with E-state index in [0.717, 1.165) is 6.42 Å². The largest absolute Gasteiger partial charge is 0.103 e. The molecule has 0 rings (SSSR count). The van der Waals surface area contributed by atoms with Crippen molar-refractivity contribution in [2.24, 2.45) is 0 Å². The first kappa shape index (κ1) is 13.5. The van der Waals surface area contributed by atoms with Crippen LogP contribution in [0.1, 0.15) is 65.2 Å². The third-order valence-corrected chi connectivity index (χ3v) is 2.51. The standard InChI is InChI=1S/C14H26/c1-4-7-10-13-14(11-8-5-2)12-9-6-3/h5,13H,2,4,6-12H2,1,3H3/b14-13-. The molecule has 0 amide bonds. The van der Waals surface area contributed by atoms with Gasteiger partial charge in [0.2, 0.25) is 0 Å². The second kappa shape index (κ2) is 10.6. The van der Waals surface area contributed by atoms with Crippen LogP contribution in [0.5, 0.6) is 0 Å². The van der Waals surface area contributed by atoms with Crippen LogP contribution in [0.3, 0.4) is 0 Å². The SMILES string of the molecule is C=CCC/C(=C/CCCC)CCCC. The summed E-state index contributed by atoms with van der Waals surface area (Å²) >= 11 is 0. The Balaban J connectivity index is 3.80. The molecule has 0 aliphatic rings. The molecule has 0 nitrogen and oxygen atoms in total. The van der Waals surface area contributed by atoms with E-state index in [2.05, 4.69) is 26.5 Å². The van der Waals surface area contributed by atoms with Crippen LogP contribution >= 0.6 is 0 Å². The van der Waals surface area contributed by atoms with Crippen molar-refractivity contribution in [1.29, 1.82) is 0 Å². The maximum Gasteiger partial charge on any atom is -0.0286 e. The zero-order chi connectivity index (χ0) is 10.6. The molecule has 0 bridgehead atoms. The van der Waals surface area contributed by atoms with Crippen molar-refractivity contribution >= 4 is 0 Å². The normalized spacial score (nSPS) is 11.7. The van der Waals surface area contributed by atoms with Crippen molar-refractivity contribution in [3.8, 4) is 0 Å². The van der Waals surface area contributed by atoms with Crippen molar-refractivity contribution in [3.05, 3.63) is 24.3 Å². The van der Waals surface area contributed by atoms with Gasteiger partial charge < -0.3 is 0 Å². The van der Waals surface area contributed by atoms with E-state index in [1.807, 2.05) is 6.08 Å².